The molecule has 5 nitrogen and oxygen atoms in total. The van der Waals surface area contributed by atoms with Gasteiger partial charge < -0.3 is 15.0 Å². The van der Waals surface area contributed by atoms with Crippen LogP contribution in [0.3, 0.4) is 0 Å². The summed E-state index contributed by atoms with van der Waals surface area (Å²) >= 11 is 0. The summed E-state index contributed by atoms with van der Waals surface area (Å²) in [6.45, 7) is 1.89. The smallest absolute Gasteiger partial charge is 0.363 e. The number of rotatable bonds is 1. The number of alkyl halides is 3. The second kappa shape index (κ2) is 5.51. The largest absolute Gasteiger partial charge is 0.433 e. The molecule has 0 saturated carbocycles. The fourth-order valence-corrected chi connectivity index (χ4v) is 2.85. The fraction of sp³-hybridized carbons (Fsp3) is 0.571. The third-order valence-electron chi connectivity index (χ3n) is 4.11. The molecule has 0 aliphatic carbocycles. The lowest BCUT2D eigenvalue weighted by atomic mass is 9.90. The van der Waals surface area contributed by atoms with Gasteiger partial charge in [0, 0.05) is 0 Å². The van der Waals surface area contributed by atoms with Crippen molar-refractivity contribution >= 4 is 11.6 Å². The SMILES string of the molecule is O=C1COC2(CCNCC2)CN1c1ccc(C(F)(F)F)nc1. The van der Waals surface area contributed by atoms with Crippen LogP contribution in [-0.4, -0.2) is 42.7 Å². The molecular formula is C14H16F3N3O2. The second-order valence-corrected chi connectivity index (χ2v) is 5.60. The van der Waals surface area contributed by atoms with Gasteiger partial charge in [-0.1, -0.05) is 0 Å². The van der Waals surface area contributed by atoms with Crippen molar-refractivity contribution < 1.29 is 22.7 Å². The van der Waals surface area contributed by atoms with Gasteiger partial charge in [0.25, 0.3) is 5.91 Å². The Morgan fingerprint density at radius 1 is 1.27 bits per heavy atom. The van der Waals surface area contributed by atoms with Crippen LogP contribution in [0.15, 0.2) is 18.3 Å². The predicted molar refractivity (Wildman–Crippen MR) is 72.4 cm³/mol. The first-order valence-corrected chi connectivity index (χ1v) is 7.08. The number of anilines is 1. The van der Waals surface area contributed by atoms with Crippen molar-refractivity contribution in [3.63, 3.8) is 0 Å². The zero-order chi connectivity index (χ0) is 15.8. The van der Waals surface area contributed by atoms with Gasteiger partial charge in [0.15, 0.2) is 0 Å². The number of morpholine rings is 1. The summed E-state index contributed by atoms with van der Waals surface area (Å²) < 4.78 is 43.4. The van der Waals surface area contributed by atoms with Crippen LogP contribution in [0, 0.1) is 0 Å². The Hall–Kier alpha value is -1.67. The molecule has 1 spiro atoms. The number of amides is 1. The van der Waals surface area contributed by atoms with Crippen LogP contribution in [-0.2, 0) is 15.7 Å². The molecule has 0 atom stereocenters. The maximum absolute atomic E-state index is 12.6. The molecule has 1 N–H and O–H groups in total. The number of nitrogens with zero attached hydrogens (tertiary/aromatic N) is 2. The molecule has 2 saturated heterocycles. The third kappa shape index (κ3) is 2.93. The van der Waals surface area contributed by atoms with E-state index in [2.05, 4.69) is 10.3 Å². The van der Waals surface area contributed by atoms with E-state index in [-0.39, 0.29) is 12.5 Å². The van der Waals surface area contributed by atoms with Gasteiger partial charge in [0.2, 0.25) is 0 Å². The number of nitrogens with one attached hydrogen (secondary N) is 1. The molecule has 3 rings (SSSR count). The number of carbonyl (C=O) groups excluding carboxylic acids is 1. The molecule has 120 valence electrons. The second-order valence-electron chi connectivity index (χ2n) is 5.60. The Kier molecular flexibility index (Phi) is 3.82. The van der Waals surface area contributed by atoms with Gasteiger partial charge in [-0.25, -0.2) is 4.98 Å². The van der Waals surface area contributed by atoms with E-state index in [1.807, 2.05) is 0 Å². The zero-order valence-corrected chi connectivity index (χ0v) is 11.8. The lowest BCUT2D eigenvalue weighted by Crippen LogP contribution is -2.58. The van der Waals surface area contributed by atoms with Crippen LogP contribution in [0.5, 0.6) is 0 Å². The molecule has 0 radical (unpaired) electrons. The van der Waals surface area contributed by atoms with E-state index in [0.717, 1.165) is 38.2 Å². The Balaban J connectivity index is 1.81. The number of pyridine rings is 1. The van der Waals surface area contributed by atoms with Crippen LogP contribution in [0.1, 0.15) is 18.5 Å². The molecule has 1 amide bonds. The number of hydrogen-bond donors (Lipinski definition) is 1. The molecule has 8 heteroatoms. The van der Waals surface area contributed by atoms with Gasteiger partial charge in [-0.15, -0.1) is 0 Å². The number of piperidine rings is 1. The van der Waals surface area contributed by atoms with Crippen LogP contribution in [0.2, 0.25) is 0 Å². The van der Waals surface area contributed by atoms with Gasteiger partial charge in [-0.3, -0.25) is 4.79 Å². The normalized spacial score (nSPS) is 22.1. The van der Waals surface area contributed by atoms with Crippen LogP contribution in [0.25, 0.3) is 0 Å². The highest BCUT2D eigenvalue weighted by Gasteiger charge is 2.41. The van der Waals surface area contributed by atoms with E-state index in [1.54, 1.807) is 0 Å². The van der Waals surface area contributed by atoms with Crippen molar-refractivity contribution in [2.24, 2.45) is 0 Å². The maximum Gasteiger partial charge on any atom is 0.433 e. The number of ether oxygens (including phenoxy) is 1. The van der Waals surface area contributed by atoms with Crippen molar-refractivity contribution in [1.82, 2.24) is 10.3 Å². The van der Waals surface area contributed by atoms with Gasteiger partial charge in [-0.2, -0.15) is 13.2 Å². The summed E-state index contributed by atoms with van der Waals surface area (Å²) in [5.74, 6) is -0.259. The average Bonchev–Trinajstić information content (AvgIpc) is 2.50. The maximum atomic E-state index is 12.6. The van der Waals surface area contributed by atoms with Crippen LogP contribution >= 0.6 is 0 Å². The molecule has 0 unspecified atom stereocenters. The highest BCUT2D eigenvalue weighted by atomic mass is 19.4. The van der Waals surface area contributed by atoms with Crippen LogP contribution < -0.4 is 10.2 Å². The Labute approximate surface area is 125 Å². The first kappa shape index (κ1) is 15.2. The van der Waals surface area contributed by atoms with Crippen molar-refractivity contribution in [1.29, 1.82) is 0 Å². The summed E-state index contributed by atoms with van der Waals surface area (Å²) in [6, 6.07) is 2.18. The molecule has 2 aliphatic rings. The first-order valence-electron chi connectivity index (χ1n) is 7.08. The number of carbonyl (C=O) groups is 1. The number of halogens is 3. The van der Waals surface area contributed by atoms with E-state index < -0.39 is 17.5 Å². The molecule has 0 bridgehead atoms. The van der Waals surface area contributed by atoms with Crippen molar-refractivity contribution in [3.8, 4) is 0 Å². The van der Waals surface area contributed by atoms with E-state index in [4.69, 9.17) is 4.74 Å². The molecule has 2 fully saturated rings. The third-order valence-corrected chi connectivity index (χ3v) is 4.11. The average molecular weight is 315 g/mol. The van der Waals surface area contributed by atoms with E-state index >= 15 is 0 Å². The molecule has 22 heavy (non-hydrogen) atoms. The predicted octanol–water partition coefficient (Wildman–Crippen LogP) is 1.59. The topological polar surface area (TPSA) is 54.5 Å². The molecule has 1 aromatic heterocycles. The Morgan fingerprint density at radius 3 is 2.59 bits per heavy atom. The summed E-state index contributed by atoms with van der Waals surface area (Å²) in [7, 11) is 0. The summed E-state index contributed by atoms with van der Waals surface area (Å²) in [5.41, 5.74) is -1.00. The van der Waals surface area contributed by atoms with E-state index in [0.29, 0.717) is 12.2 Å². The molecule has 0 aromatic carbocycles. The fourth-order valence-electron chi connectivity index (χ4n) is 2.85. The van der Waals surface area contributed by atoms with Crippen molar-refractivity contribution in [2.75, 3.05) is 31.1 Å². The van der Waals surface area contributed by atoms with Gasteiger partial charge >= 0.3 is 6.18 Å². The molecule has 1 aromatic rings. The minimum atomic E-state index is -4.48. The van der Waals surface area contributed by atoms with Crippen LogP contribution in [0.4, 0.5) is 18.9 Å². The minimum absolute atomic E-state index is 0.0545. The van der Waals surface area contributed by atoms with E-state index in [9.17, 15) is 18.0 Å². The molecule has 3 heterocycles. The van der Waals surface area contributed by atoms with Gasteiger partial charge in [-0.05, 0) is 38.1 Å². The molecule has 2 aliphatic heterocycles. The highest BCUT2D eigenvalue weighted by molar-refractivity contribution is 5.95. The number of hydrogen-bond acceptors (Lipinski definition) is 4. The lowest BCUT2D eigenvalue weighted by Gasteiger charge is -2.44. The molecular weight excluding hydrogens is 299 g/mol. The lowest BCUT2D eigenvalue weighted by molar-refractivity contribution is -0.141. The Morgan fingerprint density at radius 2 is 2.00 bits per heavy atom. The number of aromatic nitrogens is 1. The highest BCUT2D eigenvalue weighted by Crippen LogP contribution is 2.32. The van der Waals surface area contributed by atoms with Gasteiger partial charge in [0.1, 0.15) is 12.3 Å². The zero-order valence-electron chi connectivity index (χ0n) is 11.8. The summed E-state index contributed by atoms with van der Waals surface area (Å²) in [5, 5.41) is 3.23. The van der Waals surface area contributed by atoms with Gasteiger partial charge in [0.05, 0.1) is 24.0 Å². The quantitative estimate of drug-likeness (QED) is 0.855. The first-order chi connectivity index (χ1) is 10.4. The standard InChI is InChI=1S/C14H16F3N3O2/c15-14(16,17)11-2-1-10(7-19-11)20-9-13(22-8-12(20)21)3-5-18-6-4-13/h1-2,7,18H,3-6,8-9H2. The van der Waals surface area contributed by atoms with Crippen molar-refractivity contribution in [2.45, 2.75) is 24.6 Å². The summed E-state index contributed by atoms with van der Waals surface area (Å²) in [6.07, 6.45) is -1.85. The monoisotopic (exact) mass is 315 g/mol. The summed E-state index contributed by atoms with van der Waals surface area (Å²) in [4.78, 5) is 16.9. The van der Waals surface area contributed by atoms with E-state index in [1.165, 1.54) is 11.0 Å². The minimum Gasteiger partial charge on any atom is -0.363 e. The van der Waals surface area contributed by atoms with Crippen molar-refractivity contribution in [3.05, 3.63) is 24.0 Å². The Bertz CT molecular complexity index is 553.